The van der Waals surface area contributed by atoms with Crippen molar-refractivity contribution in [3.05, 3.63) is 116 Å². The molecule has 0 spiro atoms. The zero-order valence-corrected chi connectivity index (χ0v) is 21.1. The minimum atomic E-state index is -1.33. The van der Waals surface area contributed by atoms with Crippen LogP contribution in [0.5, 0.6) is 0 Å². The molecule has 0 saturated carbocycles. The lowest BCUT2D eigenvalue weighted by atomic mass is 9.89. The van der Waals surface area contributed by atoms with Crippen LogP contribution in [0.1, 0.15) is 33.4 Å². The predicted molar refractivity (Wildman–Crippen MR) is 140 cm³/mol. The summed E-state index contributed by atoms with van der Waals surface area (Å²) < 4.78 is 72.8. The summed E-state index contributed by atoms with van der Waals surface area (Å²) in [6, 6.07) is 16.3. The standard InChI is InChI=1S/C32H7F5N6/c33-22-3-1-14(5-24(22)35)26-20(12-42)18-7-19-28(16(8-38)9-39)27(15-2-4-23(34)25(36)6-15)21(13-43)30(19)32(37)31(18)29(26)17(10-40)11-41/h1-7H. The third-order valence-corrected chi connectivity index (χ3v) is 6.89. The first kappa shape index (κ1) is 27.8. The van der Waals surface area contributed by atoms with Gasteiger partial charge >= 0.3 is 0 Å². The number of allylic oxidation sites excluding steroid dienone is 8. The van der Waals surface area contributed by atoms with Crippen LogP contribution in [0.2, 0.25) is 0 Å². The van der Waals surface area contributed by atoms with E-state index >= 15 is 4.39 Å². The largest absolute Gasteiger partial charge is 0.206 e. The van der Waals surface area contributed by atoms with Crippen LogP contribution >= 0.6 is 0 Å². The lowest BCUT2D eigenvalue weighted by Gasteiger charge is -2.12. The minimum Gasteiger partial charge on any atom is -0.206 e. The van der Waals surface area contributed by atoms with Crippen LogP contribution in [0, 0.1) is 97.1 Å². The summed E-state index contributed by atoms with van der Waals surface area (Å²) >= 11 is 0. The molecule has 200 valence electrons. The Bertz CT molecular complexity index is 2220. The van der Waals surface area contributed by atoms with Crippen LogP contribution < -0.4 is 0 Å². The van der Waals surface area contributed by atoms with Crippen molar-refractivity contribution in [3.63, 3.8) is 0 Å². The van der Waals surface area contributed by atoms with Gasteiger partial charge in [-0.2, -0.15) is 31.6 Å². The summed E-state index contributed by atoms with van der Waals surface area (Å²) in [6.07, 6.45) is 0. The van der Waals surface area contributed by atoms with Gasteiger partial charge in [0.05, 0.1) is 11.1 Å². The highest BCUT2D eigenvalue weighted by Crippen LogP contribution is 2.55. The molecule has 3 aromatic rings. The van der Waals surface area contributed by atoms with E-state index in [0.717, 1.165) is 30.3 Å². The molecule has 2 aliphatic carbocycles. The molecule has 11 heteroatoms. The molecule has 2 aliphatic rings. The Balaban J connectivity index is 1.98. The van der Waals surface area contributed by atoms with Crippen molar-refractivity contribution in [1.82, 2.24) is 0 Å². The summed E-state index contributed by atoms with van der Waals surface area (Å²) in [5.74, 6) is -6.39. The molecule has 0 unspecified atom stereocenters. The van der Waals surface area contributed by atoms with E-state index in [4.69, 9.17) is 0 Å². The first-order valence-corrected chi connectivity index (χ1v) is 11.8. The molecule has 5 rings (SSSR count). The quantitative estimate of drug-likeness (QED) is 0.243. The zero-order chi connectivity index (χ0) is 31.2. The highest BCUT2D eigenvalue weighted by Gasteiger charge is 2.41. The molecule has 0 fully saturated rings. The van der Waals surface area contributed by atoms with Gasteiger partial charge in [-0.3, -0.25) is 0 Å². The van der Waals surface area contributed by atoms with Crippen LogP contribution in [0.4, 0.5) is 22.0 Å². The second-order valence-corrected chi connectivity index (χ2v) is 8.96. The summed E-state index contributed by atoms with van der Waals surface area (Å²) in [7, 11) is 0. The van der Waals surface area contributed by atoms with E-state index in [0.29, 0.717) is 12.1 Å². The number of benzene rings is 3. The number of nitrogens with zero attached hydrogens (tertiary/aromatic N) is 6. The Morgan fingerprint density at radius 1 is 0.488 bits per heavy atom. The maximum Gasteiger partial charge on any atom is 0.159 e. The van der Waals surface area contributed by atoms with Crippen molar-refractivity contribution < 1.29 is 22.0 Å². The molecule has 0 amide bonds. The van der Waals surface area contributed by atoms with Gasteiger partial charge in [0.15, 0.2) is 23.3 Å². The Morgan fingerprint density at radius 3 is 1.40 bits per heavy atom. The molecule has 0 radical (unpaired) electrons. The second-order valence-electron chi connectivity index (χ2n) is 8.96. The number of hydrogen-bond donors (Lipinski definition) is 0. The van der Waals surface area contributed by atoms with Crippen LogP contribution in [0.25, 0.3) is 33.4 Å². The molecule has 0 heterocycles. The highest BCUT2D eigenvalue weighted by atomic mass is 19.2. The zero-order valence-electron chi connectivity index (χ0n) is 21.1. The molecule has 43 heavy (non-hydrogen) atoms. The Kier molecular flexibility index (Phi) is 6.66. The molecule has 3 aromatic carbocycles. The fourth-order valence-electron chi connectivity index (χ4n) is 5.19. The molecule has 0 N–H and O–H groups in total. The van der Waals surface area contributed by atoms with Crippen LogP contribution in [0.15, 0.2) is 53.6 Å². The molecule has 0 saturated heterocycles. The molecular weight excluding hydrogens is 563 g/mol. The fourth-order valence-corrected chi connectivity index (χ4v) is 5.19. The van der Waals surface area contributed by atoms with Crippen molar-refractivity contribution >= 4 is 33.4 Å². The molecular formula is C32H7F5N6. The third kappa shape index (κ3) is 3.95. The molecule has 0 aromatic heterocycles. The second kappa shape index (κ2) is 10.3. The van der Waals surface area contributed by atoms with Crippen molar-refractivity contribution in [3.8, 4) is 36.4 Å². The minimum absolute atomic E-state index is 0.173. The Morgan fingerprint density at radius 2 is 0.953 bits per heavy atom. The van der Waals surface area contributed by atoms with Crippen molar-refractivity contribution in [1.29, 1.82) is 31.6 Å². The van der Waals surface area contributed by atoms with Crippen molar-refractivity contribution in [2.24, 2.45) is 0 Å². The van der Waals surface area contributed by atoms with E-state index in [-0.39, 0.29) is 44.5 Å². The first-order valence-electron chi connectivity index (χ1n) is 11.8. The van der Waals surface area contributed by atoms with E-state index in [2.05, 4.69) is 0 Å². The molecule has 0 atom stereocenters. The summed E-state index contributed by atoms with van der Waals surface area (Å²) in [5.41, 5.74) is -5.30. The van der Waals surface area contributed by atoms with Gasteiger partial charge in [0.25, 0.3) is 0 Å². The number of rotatable bonds is 2. The normalized spacial score (nSPS) is 12.8. The van der Waals surface area contributed by atoms with Gasteiger partial charge in [-0.25, -0.2) is 22.0 Å². The number of halogens is 5. The maximum atomic E-state index is 16.8. The van der Waals surface area contributed by atoms with Gasteiger partial charge in [0.2, 0.25) is 0 Å². The highest BCUT2D eigenvalue weighted by molar-refractivity contribution is 6.30. The number of hydrogen-bond acceptors (Lipinski definition) is 6. The monoisotopic (exact) mass is 570 g/mol. The van der Waals surface area contributed by atoms with Crippen LogP contribution in [0.3, 0.4) is 0 Å². The summed E-state index contributed by atoms with van der Waals surface area (Å²) in [6.45, 7) is 0. The lowest BCUT2D eigenvalue weighted by molar-refractivity contribution is 0.508. The Labute approximate surface area is 239 Å². The van der Waals surface area contributed by atoms with E-state index < -0.39 is 62.5 Å². The van der Waals surface area contributed by atoms with E-state index in [1.165, 1.54) is 0 Å². The van der Waals surface area contributed by atoms with Gasteiger partial charge in [-0.1, -0.05) is 12.1 Å². The average molecular weight is 570 g/mol. The van der Waals surface area contributed by atoms with E-state index in [9.17, 15) is 49.1 Å². The van der Waals surface area contributed by atoms with Crippen molar-refractivity contribution in [2.45, 2.75) is 0 Å². The predicted octanol–water partition coefficient (Wildman–Crippen LogP) is 6.88. The topological polar surface area (TPSA) is 143 Å². The average Bonchev–Trinajstić information content (AvgIpc) is 3.51. The molecule has 0 bridgehead atoms. The first-order chi connectivity index (χ1) is 20.7. The fraction of sp³-hybridized carbons (Fsp3) is 0. The number of fused-ring (bicyclic) bond motifs is 2. The number of nitriles is 6. The van der Waals surface area contributed by atoms with Gasteiger partial charge in [0.1, 0.15) is 53.4 Å². The van der Waals surface area contributed by atoms with Gasteiger partial charge in [-0.15, -0.1) is 0 Å². The van der Waals surface area contributed by atoms with Gasteiger partial charge < -0.3 is 0 Å². The van der Waals surface area contributed by atoms with Crippen LogP contribution in [-0.2, 0) is 0 Å². The molecule has 0 aliphatic heterocycles. The SMILES string of the molecule is N#CC(C#N)=C1C(c2ccc(F)c(F)c2)=C(C#N)c2c1cc1c(c2F)C(=C(C#N)C#N)C(c2ccc(F)c(F)c2)=C1C#N. The lowest BCUT2D eigenvalue weighted by Crippen LogP contribution is -2.01. The van der Waals surface area contributed by atoms with Gasteiger partial charge in [0, 0.05) is 39.0 Å². The summed E-state index contributed by atoms with van der Waals surface area (Å²) in [5, 5.41) is 59.3. The molecule has 6 nitrogen and oxygen atoms in total. The smallest absolute Gasteiger partial charge is 0.159 e. The summed E-state index contributed by atoms with van der Waals surface area (Å²) in [4.78, 5) is 0. The van der Waals surface area contributed by atoms with E-state index in [1.54, 1.807) is 30.3 Å². The Hall–Kier alpha value is -6.79. The van der Waals surface area contributed by atoms with Crippen molar-refractivity contribution in [2.75, 3.05) is 0 Å². The van der Waals surface area contributed by atoms with E-state index in [1.807, 2.05) is 6.07 Å². The third-order valence-electron chi connectivity index (χ3n) is 6.89. The maximum absolute atomic E-state index is 16.8. The van der Waals surface area contributed by atoms with Crippen LogP contribution in [-0.4, -0.2) is 0 Å². The van der Waals surface area contributed by atoms with Gasteiger partial charge in [-0.05, 0) is 47.0 Å².